The van der Waals surface area contributed by atoms with E-state index in [0.717, 1.165) is 18.2 Å². The van der Waals surface area contributed by atoms with Gasteiger partial charge in [-0.05, 0) is 81.3 Å². The topological polar surface area (TPSA) is 190 Å². The number of amides is 1. The average Bonchev–Trinajstić information content (AvgIpc) is 3.44. The molecule has 0 spiro atoms. The van der Waals surface area contributed by atoms with E-state index in [1.54, 1.807) is 45.0 Å². The van der Waals surface area contributed by atoms with E-state index in [1.807, 2.05) is 0 Å². The lowest BCUT2D eigenvalue weighted by molar-refractivity contribution is -0.138. The van der Waals surface area contributed by atoms with Crippen molar-refractivity contribution in [3.8, 4) is 5.88 Å². The van der Waals surface area contributed by atoms with Gasteiger partial charge in [-0.2, -0.15) is 13.2 Å². The maximum absolute atomic E-state index is 16.0. The highest BCUT2D eigenvalue weighted by molar-refractivity contribution is 8.40. The minimum Gasteiger partial charge on any atom is -0.480 e. The fourth-order valence-electron chi connectivity index (χ4n) is 6.47. The number of fused-ring (bicyclic) bond motifs is 1. The molecule has 1 aliphatic heterocycles. The fourth-order valence-corrected chi connectivity index (χ4v) is 10.8. The van der Waals surface area contributed by atoms with Crippen LogP contribution in [0.15, 0.2) is 92.4 Å². The Balaban J connectivity index is 1.63. The van der Waals surface area contributed by atoms with Gasteiger partial charge in [0.1, 0.15) is 17.2 Å². The van der Waals surface area contributed by atoms with Gasteiger partial charge in [-0.1, -0.05) is 12.1 Å². The summed E-state index contributed by atoms with van der Waals surface area (Å²) in [6, 6.07) is 14.8. The van der Waals surface area contributed by atoms with Crippen molar-refractivity contribution in [2.24, 2.45) is 0 Å². The second kappa shape index (κ2) is 16.2. The van der Waals surface area contributed by atoms with Crippen molar-refractivity contribution in [2.75, 3.05) is 31.4 Å². The maximum Gasteiger partial charge on any atom is 0.416 e. The summed E-state index contributed by atoms with van der Waals surface area (Å²) in [5, 5.41) is 14.1. The highest BCUT2D eigenvalue weighted by Crippen LogP contribution is 2.78. The second-order valence-corrected chi connectivity index (χ2v) is 16.8. The molecule has 0 bridgehead atoms. The number of alkyl halides is 3. The molecule has 19 heteroatoms. The number of pyridine rings is 1. The van der Waals surface area contributed by atoms with Crippen LogP contribution < -0.4 is 26.6 Å². The number of ether oxygens (including phenoxy) is 3. The van der Waals surface area contributed by atoms with Gasteiger partial charge in [0.25, 0.3) is 5.56 Å². The molecule has 1 amide bonds. The third-order valence-corrected chi connectivity index (χ3v) is 12.7. The van der Waals surface area contributed by atoms with Gasteiger partial charge in [0.05, 0.1) is 41.6 Å². The second-order valence-electron chi connectivity index (χ2n) is 13.8. The zero-order valence-electron chi connectivity index (χ0n) is 31.7. The van der Waals surface area contributed by atoms with E-state index < -0.39 is 67.8 Å². The molecule has 0 fully saturated rings. The fraction of sp³-hybridized carbons (Fsp3) is 0.256. The molecule has 304 valence electrons. The van der Waals surface area contributed by atoms with Gasteiger partial charge in [0.15, 0.2) is 0 Å². The van der Waals surface area contributed by atoms with Crippen LogP contribution in [-0.4, -0.2) is 63.6 Å². The van der Waals surface area contributed by atoms with Crippen LogP contribution in [-0.2, 0) is 21.4 Å². The van der Waals surface area contributed by atoms with Crippen LogP contribution in [0.2, 0.25) is 0 Å². The monoisotopic (exact) mass is 823 g/mol. The Labute approximate surface area is 329 Å². The SMILES string of the molecule is COC(=O)c1cccc(NCCC2=C(c3ccc(OC)nn3)S(Cc3c(F)cccc3C(F)(F)F)(c3ccc(NC(=O)OC(C)(C)C)nc3)c3[nH]c(=O)[nH]c(=O)c32)c1. The molecular formula is C39H37F4N7O7S. The number of hydrogen-bond acceptors (Lipinski definition) is 11. The smallest absolute Gasteiger partial charge is 0.416 e. The average molecular weight is 824 g/mol. The van der Waals surface area contributed by atoms with Gasteiger partial charge in [-0.3, -0.25) is 15.1 Å². The molecule has 58 heavy (non-hydrogen) atoms. The van der Waals surface area contributed by atoms with Crippen molar-refractivity contribution in [3.05, 3.63) is 128 Å². The van der Waals surface area contributed by atoms with Gasteiger partial charge >= 0.3 is 23.9 Å². The summed E-state index contributed by atoms with van der Waals surface area (Å²) in [6.45, 7) is 5.06. The number of nitrogens with one attached hydrogen (secondary N) is 4. The van der Waals surface area contributed by atoms with E-state index in [-0.39, 0.29) is 61.9 Å². The van der Waals surface area contributed by atoms with Gasteiger partial charge < -0.3 is 24.5 Å². The molecule has 0 saturated heterocycles. The lowest BCUT2D eigenvalue weighted by Gasteiger charge is -2.40. The van der Waals surface area contributed by atoms with Crippen LogP contribution in [0.5, 0.6) is 5.88 Å². The van der Waals surface area contributed by atoms with Crippen molar-refractivity contribution < 1.29 is 41.4 Å². The van der Waals surface area contributed by atoms with E-state index in [9.17, 15) is 32.3 Å². The Morgan fingerprint density at radius 2 is 1.69 bits per heavy atom. The van der Waals surface area contributed by atoms with E-state index in [2.05, 4.69) is 35.8 Å². The van der Waals surface area contributed by atoms with E-state index >= 15 is 4.39 Å². The molecule has 0 saturated carbocycles. The summed E-state index contributed by atoms with van der Waals surface area (Å²) in [7, 11) is -0.831. The molecule has 3 aromatic heterocycles. The zero-order chi connectivity index (χ0) is 42.0. The first-order valence-electron chi connectivity index (χ1n) is 17.5. The van der Waals surface area contributed by atoms with Crippen molar-refractivity contribution in [3.63, 3.8) is 0 Å². The molecule has 4 N–H and O–H groups in total. The largest absolute Gasteiger partial charge is 0.480 e. The minimum atomic E-state index is -5.02. The molecule has 0 radical (unpaired) electrons. The minimum absolute atomic E-state index is 0.000391. The summed E-state index contributed by atoms with van der Waals surface area (Å²) in [6.07, 6.45) is -4.59. The first kappa shape index (κ1) is 41.1. The number of hydrogen-bond donors (Lipinski definition) is 4. The Kier molecular flexibility index (Phi) is 11.5. The molecule has 1 atom stereocenters. The lowest BCUT2D eigenvalue weighted by atomic mass is 10.0. The number of rotatable bonds is 11. The molecule has 14 nitrogen and oxygen atoms in total. The molecule has 6 rings (SSSR count). The van der Waals surface area contributed by atoms with E-state index in [0.29, 0.717) is 5.69 Å². The molecule has 0 aliphatic carbocycles. The summed E-state index contributed by atoms with van der Waals surface area (Å²) < 4.78 is 75.6. The standard InChI is InChI=1S/C39H37F4N7O7S/c1-38(2,3)57-37(54)46-29-14-12-23(19-45-29)58(20-25-26(39(41,42)43)10-7-11-27(25)40)32(28-13-15-30(55-4)50-49-28)24(31-33(51)47-36(53)48-34(31)58)16-17-44-22-9-6-8-21(18-22)35(52)56-5/h6-15,18-19,44H,16-17,20H2,1-5H3,(H,45,46,54)(H2,47,48,51,53). The summed E-state index contributed by atoms with van der Waals surface area (Å²) in [5.74, 6) is -2.41. The molecule has 1 unspecified atom stereocenters. The van der Waals surface area contributed by atoms with Gasteiger partial charge in [0.2, 0.25) is 5.88 Å². The highest BCUT2D eigenvalue weighted by atomic mass is 32.3. The normalized spacial score (nSPS) is 16.2. The van der Waals surface area contributed by atoms with E-state index in [1.165, 1.54) is 44.7 Å². The number of carbonyl (C=O) groups excluding carboxylic acids is 2. The van der Waals surface area contributed by atoms with Gasteiger partial charge in [-0.25, -0.2) is 23.8 Å². The Morgan fingerprint density at radius 3 is 2.33 bits per heavy atom. The number of carbonyl (C=O) groups is 2. The number of anilines is 2. The molecule has 2 aromatic carbocycles. The van der Waals surface area contributed by atoms with Crippen molar-refractivity contribution in [1.29, 1.82) is 0 Å². The van der Waals surface area contributed by atoms with Crippen LogP contribution in [0.4, 0.5) is 33.9 Å². The molecular weight excluding hydrogens is 787 g/mol. The zero-order valence-corrected chi connectivity index (χ0v) is 32.5. The summed E-state index contributed by atoms with van der Waals surface area (Å²) in [5.41, 5.74) is -3.70. The van der Waals surface area contributed by atoms with Crippen LogP contribution in [0, 0.1) is 5.82 Å². The van der Waals surface area contributed by atoms with Crippen LogP contribution in [0.3, 0.4) is 0 Å². The molecule has 5 aromatic rings. The van der Waals surface area contributed by atoms with Crippen LogP contribution >= 0.6 is 10.0 Å². The van der Waals surface area contributed by atoms with Crippen molar-refractivity contribution in [2.45, 2.75) is 54.6 Å². The number of halogens is 4. The maximum atomic E-state index is 16.0. The van der Waals surface area contributed by atoms with Crippen molar-refractivity contribution >= 4 is 44.1 Å². The Bertz CT molecular complexity index is 2520. The van der Waals surface area contributed by atoms with Crippen LogP contribution in [0.25, 0.3) is 10.5 Å². The number of aromatic nitrogens is 5. The van der Waals surface area contributed by atoms with E-state index in [4.69, 9.17) is 14.2 Å². The van der Waals surface area contributed by atoms with Gasteiger partial charge in [0, 0.05) is 45.6 Å². The first-order valence-corrected chi connectivity index (χ1v) is 19.3. The number of methoxy groups -OCH3 is 2. The number of H-pyrrole nitrogens is 2. The summed E-state index contributed by atoms with van der Waals surface area (Å²) in [4.78, 5) is 61.7. The van der Waals surface area contributed by atoms with Gasteiger partial charge in [-0.15, -0.1) is 20.2 Å². The summed E-state index contributed by atoms with van der Waals surface area (Å²) >= 11 is 0. The third kappa shape index (κ3) is 8.43. The predicted molar refractivity (Wildman–Crippen MR) is 207 cm³/mol. The third-order valence-electron chi connectivity index (χ3n) is 8.80. The first-order chi connectivity index (χ1) is 27.4. The molecule has 4 heterocycles. The number of nitrogens with zero attached hydrogens (tertiary/aromatic N) is 3. The predicted octanol–water partition coefficient (Wildman–Crippen LogP) is 7.36. The molecule has 1 aliphatic rings. The van der Waals surface area contributed by atoms with Crippen molar-refractivity contribution in [1.82, 2.24) is 25.1 Å². The lowest BCUT2D eigenvalue weighted by Crippen LogP contribution is -2.27. The highest BCUT2D eigenvalue weighted by Gasteiger charge is 2.48. The number of aromatic amines is 2. The number of esters is 1. The number of benzene rings is 2. The quantitative estimate of drug-likeness (QED) is 0.0592. The van der Waals surface area contributed by atoms with Crippen LogP contribution in [0.1, 0.15) is 59.9 Å². The Morgan fingerprint density at radius 1 is 0.931 bits per heavy atom. The Hall–Kier alpha value is -6.50.